The van der Waals surface area contributed by atoms with E-state index < -0.39 is 0 Å². The van der Waals surface area contributed by atoms with Crippen molar-refractivity contribution in [1.29, 1.82) is 0 Å². The van der Waals surface area contributed by atoms with E-state index in [1.807, 2.05) is 0 Å². The van der Waals surface area contributed by atoms with Crippen LogP contribution in [0.1, 0.15) is 33.1 Å². The van der Waals surface area contributed by atoms with Crippen LogP contribution in [0.5, 0.6) is 0 Å². The van der Waals surface area contributed by atoms with Crippen LogP contribution >= 0.6 is 0 Å². The second-order valence-electron chi connectivity index (χ2n) is 3.49. The van der Waals surface area contributed by atoms with Crippen molar-refractivity contribution in [3.63, 3.8) is 0 Å². The predicted molar refractivity (Wildman–Crippen MR) is 50.6 cm³/mol. The lowest BCUT2D eigenvalue weighted by atomic mass is 9.76. The van der Waals surface area contributed by atoms with Gasteiger partial charge in [0, 0.05) is 0 Å². The monoisotopic (exact) mass is 167 g/mol. The Bertz CT molecular complexity index is 224. The number of nitrogens with two attached hydrogens (primary N) is 1. The summed E-state index contributed by atoms with van der Waals surface area (Å²) in [7, 11) is 0. The molecule has 0 atom stereocenters. The molecule has 0 aromatic carbocycles. The molecular weight excluding hydrogens is 150 g/mol. The van der Waals surface area contributed by atoms with E-state index in [9.17, 15) is 5.11 Å². The van der Waals surface area contributed by atoms with Crippen molar-refractivity contribution in [2.45, 2.75) is 33.1 Å². The first-order valence-corrected chi connectivity index (χ1v) is 4.50. The fourth-order valence-electron chi connectivity index (χ4n) is 1.63. The van der Waals surface area contributed by atoms with E-state index in [1.165, 1.54) is 0 Å². The minimum Gasteiger partial charge on any atom is -0.506 e. The lowest BCUT2D eigenvalue weighted by molar-refractivity contribution is 0.321. The third kappa shape index (κ3) is 1.47. The van der Waals surface area contributed by atoms with Gasteiger partial charge in [0.2, 0.25) is 0 Å². The van der Waals surface area contributed by atoms with Gasteiger partial charge in [-0.1, -0.05) is 19.9 Å². The number of hydrogen-bond acceptors (Lipinski definition) is 2. The average molecular weight is 167 g/mol. The maximum absolute atomic E-state index is 9.27. The molecule has 2 nitrogen and oxygen atoms in total. The van der Waals surface area contributed by atoms with Crippen molar-refractivity contribution in [3.05, 3.63) is 23.6 Å². The summed E-state index contributed by atoms with van der Waals surface area (Å²) in [6, 6.07) is 0. The van der Waals surface area contributed by atoms with Gasteiger partial charge in [-0.15, -0.1) is 0 Å². The highest BCUT2D eigenvalue weighted by Crippen LogP contribution is 2.37. The molecular formula is C10H17NO. The van der Waals surface area contributed by atoms with Gasteiger partial charge in [0.15, 0.2) is 0 Å². The first-order valence-electron chi connectivity index (χ1n) is 4.50. The topological polar surface area (TPSA) is 46.2 Å². The molecule has 2 heteroatoms. The maximum Gasteiger partial charge on any atom is 0.133 e. The third-order valence-electron chi connectivity index (χ3n) is 2.87. The summed E-state index contributed by atoms with van der Waals surface area (Å²) in [5, 5.41) is 9.27. The maximum atomic E-state index is 9.27. The van der Waals surface area contributed by atoms with E-state index in [0.29, 0.717) is 5.70 Å². The first-order chi connectivity index (χ1) is 5.63. The normalized spacial score (nSPS) is 21.5. The average Bonchev–Trinajstić information content (AvgIpc) is 2.10. The molecule has 0 amide bonds. The molecule has 1 aliphatic carbocycles. The summed E-state index contributed by atoms with van der Waals surface area (Å²) in [5.41, 5.74) is 6.50. The summed E-state index contributed by atoms with van der Waals surface area (Å²) in [4.78, 5) is 0. The summed E-state index contributed by atoms with van der Waals surface area (Å²) in [6.45, 7) is 4.31. The first kappa shape index (κ1) is 9.17. The van der Waals surface area contributed by atoms with Crippen LogP contribution in [0.15, 0.2) is 23.6 Å². The van der Waals surface area contributed by atoms with Gasteiger partial charge in [-0.2, -0.15) is 0 Å². The molecule has 68 valence electrons. The summed E-state index contributed by atoms with van der Waals surface area (Å²) >= 11 is 0. The fourth-order valence-corrected chi connectivity index (χ4v) is 1.63. The predicted octanol–water partition coefficient (Wildman–Crippen LogP) is 2.48. The van der Waals surface area contributed by atoms with Crippen LogP contribution in [-0.4, -0.2) is 5.11 Å². The zero-order chi connectivity index (χ0) is 9.19. The van der Waals surface area contributed by atoms with Crippen LogP contribution in [-0.2, 0) is 0 Å². The van der Waals surface area contributed by atoms with Gasteiger partial charge in [0.25, 0.3) is 0 Å². The molecule has 0 fully saturated rings. The van der Waals surface area contributed by atoms with E-state index >= 15 is 0 Å². The zero-order valence-electron chi connectivity index (χ0n) is 7.80. The van der Waals surface area contributed by atoms with Gasteiger partial charge in [-0.25, -0.2) is 0 Å². The highest BCUT2D eigenvalue weighted by atomic mass is 16.3. The van der Waals surface area contributed by atoms with Gasteiger partial charge in [0.1, 0.15) is 5.76 Å². The van der Waals surface area contributed by atoms with E-state index in [4.69, 9.17) is 5.73 Å². The Morgan fingerprint density at radius 3 is 2.50 bits per heavy atom. The van der Waals surface area contributed by atoms with Crippen molar-refractivity contribution in [2.75, 3.05) is 0 Å². The summed E-state index contributed by atoms with van der Waals surface area (Å²) < 4.78 is 0. The Labute approximate surface area is 73.8 Å². The standard InChI is InChI=1S/C10H17NO/c1-3-10(4-2)6-5-9(12)8(11)7-10/h5-6,12H,3-4,7,11H2,1-2H3. The van der Waals surface area contributed by atoms with E-state index in [2.05, 4.69) is 19.9 Å². The van der Waals surface area contributed by atoms with Gasteiger partial charge < -0.3 is 10.8 Å². The van der Waals surface area contributed by atoms with Crippen molar-refractivity contribution >= 4 is 0 Å². The molecule has 1 aliphatic rings. The molecule has 3 N–H and O–H groups in total. The van der Waals surface area contributed by atoms with Gasteiger partial charge >= 0.3 is 0 Å². The molecule has 0 spiro atoms. The number of aliphatic hydroxyl groups excluding tert-OH is 1. The zero-order valence-corrected chi connectivity index (χ0v) is 7.80. The minimum atomic E-state index is 0.191. The number of allylic oxidation sites excluding steroid dienone is 3. The van der Waals surface area contributed by atoms with Crippen molar-refractivity contribution in [1.82, 2.24) is 0 Å². The molecule has 0 radical (unpaired) electrons. The Morgan fingerprint density at radius 2 is 2.08 bits per heavy atom. The molecule has 0 saturated heterocycles. The lowest BCUT2D eigenvalue weighted by Crippen LogP contribution is -2.23. The number of rotatable bonds is 2. The van der Waals surface area contributed by atoms with Crippen LogP contribution < -0.4 is 5.73 Å². The molecule has 0 aromatic heterocycles. The Balaban J connectivity index is 2.84. The van der Waals surface area contributed by atoms with Gasteiger partial charge in [0.05, 0.1) is 5.70 Å². The van der Waals surface area contributed by atoms with Crippen molar-refractivity contribution in [2.24, 2.45) is 11.1 Å². The highest BCUT2D eigenvalue weighted by molar-refractivity contribution is 5.26. The lowest BCUT2D eigenvalue weighted by Gasteiger charge is -2.31. The molecule has 0 saturated carbocycles. The smallest absolute Gasteiger partial charge is 0.133 e. The molecule has 0 aliphatic heterocycles. The minimum absolute atomic E-state index is 0.191. The van der Waals surface area contributed by atoms with Gasteiger partial charge in [-0.05, 0) is 30.8 Å². The largest absolute Gasteiger partial charge is 0.506 e. The molecule has 0 aromatic rings. The molecule has 0 bridgehead atoms. The van der Waals surface area contributed by atoms with Crippen LogP contribution in [0.2, 0.25) is 0 Å². The second-order valence-corrected chi connectivity index (χ2v) is 3.49. The van der Waals surface area contributed by atoms with Crippen LogP contribution in [0.25, 0.3) is 0 Å². The highest BCUT2D eigenvalue weighted by Gasteiger charge is 2.27. The van der Waals surface area contributed by atoms with E-state index in [1.54, 1.807) is 6.08 Å². The van der Waals surface area contributed by atoms with Crippen molar-refractivity contribution < 1.29 is 5.11 Å². The van der Waals surface area contributed by atoms with E-state index in [0.717, 1.165) is 19.3 Å². The number of hydrogen-bond donors (Lipinski definition) is 2. The Kier molecular flexibility index (Phi) is 2.46. The Hall–Kier alpha value is -0.920. The fraction of sp³-hybridized carbons (Fsp3) is 0.600. The van der Waals surface area contributed by atoms with Gasteiger partial charge in [-0.3, -0.25) is 0 Å². The SMILES string of the molecule is CCC1(CC)C=CC(O)=C(N)C1. The third-order valence-corrected chi connectivity index (χ3v) is 2.87. The number of aliphatic hydroxyl groups is 1. The quantitative estimate of drug-likeness (QED) is 0.663. The van der Waals surface area contributed by atoms with Crippen molar-refractivity contribution in [3.8, 4) is 0 Å². The molecule has 12 heavy (non-hydrogen) atoms. The summed E-state index contributed by atoms with van der Waals surface area (Å²) in [6.07, 6.45) is 6.76. The molecule has 1 rings (SSSR count). The summed E-state index contributed by atoms with van der Waals surface area (Å²) in [5.74, 6) is 0.243. The van der Waals surface area contributed by atoms with Crippen LogP contribution in [0.4, 0.5) is 0 Å². The van der Waals surface area contributed by atoms with Crippen LogP contribution in [0.3, 0.4) is 0 Å². The molecule has 0 heterocycles. The Morgan fingerprint density at radius 1 is 1.50 bits per heavy atom. The molecule has 0 unspecified atom stereocenters. The van der Waals surface area contributed by atoms with Crippen LogP contribution in [0, 0.1) is 5.41 Å². The van der Waals surface area contributed by atoms with E-state index in [-0.39, 0.29) is 11.2 Å². The second kappa shape index (κ2) is 3.21.